The first kappa shape index (κ1) is 88.6. The molecule has 27 heteroatoms. The first-order valence-electron chi connectivity index (χ1n) is 41.3. The number of hydrogen-bond donors (Lipinski definition) is 2. The average molecular weight is 1710 g/mol. The molecular weight excluding hydrogens is 1600 g/mol. The number of likely N-dealkylation sites (N-methyl/N-ethyl adjacent to an activating group) is 1. The number of hydrogen-bond acceptors (Lipinski definition) is 24. The van der Waals surface area contributed by atoms with Crippen molar-refractivity contribution in [3.05, 3.63) is 273 Å². The van der Waals surface area contributed by atoms with Crippen LogP contribution in [0.1, 0.15) is 142 Å². The maximum absolute atomic E-state index is 13.2. The Bertz CT molecular complexity index is 5240. The number of benzene rings is 8. The van der Waals surface area contributed by atoms with Crippen LogP contribution in [0, 0.1) is 0 Å². The molecule has 0 bridgehead atoms. The van der Waals surface area contributed by atoms with E-state index in [9.17, 15) is 14.4 Å². The summed E-state index contributed by atoms with van der Waals surface area (Å²) in [6, 6.07) is 55.7. The molecule has 1 fully saturated rings. The minimum Gasteiger partial charge on any atom is -0.497 e. The second-order valence-electron chi connectivity index (χ2n) is 31.2. The van der Waals surface area contributed by atoms with Gasteiger partial charge in [-0.25, -0.2) is 15.0 Å². The van der Waals surface area contributed by atoms with Crippen molar-refractivity contribution in [2.75, 3.05) is 108 Å². The first-order valence-corrected chi connectivity index (χ1v) is 43.9. The van der Waals surface area contributed by atoms with E-state index in [4.69, 9.17) is 57.1 Å². The molecule has 122 heavy (non-hydrogen) atoms. The number of rotatable bonds is 36. The van der Waals surface area contributed by atoms with E-state index < -0.39 is 0 Å². The summed E-state index contributed by atoms with van der Waals surface area (Å²) in [4.78, 5) is 63.9. The zero-order valence-electron chi connectivity index (χ0n) is 71.3. The summed E-state index contributed by atoms with van der Waals surface area (Å²) in [5, 5.41) is 14.3. The normalized spacial score (nSPS) is 13.2. The van der Waals surface area contributed by atoms with Gasteiger partial charge >= 0.3 is 0 Å². The van der Waals surface area contributed by atoms with Crippen LogP contribution in [0.5, 0.6) is 57.5 Å². The summed E-state index contributed by atoms with van der Waals surface area (Å²) in [5.41, 5.74) is 14.4. The largest absolute Gasteiger partial charge is 0.497 e. The van der Waals surface area contributed by atoms with Gasteiger partial charge in [0.25, 0.3) is 17.7 Å². The van der Waals surface area contributed by atoms with Gasteiger partial charge in [0, 0.05) is 102 Å². The summed E-state index contributed by atoms with van der Waals surface area (Å²) in [6.07, 6.45) is 3.29. The highest BCUT2D eigenvalue weighted by Gasteiger charge is 2.25. The lowest BCUT2D eigenvalue weighted by atomic mass is 9.87. The van der Waals surface area contributed by atoms with E-state index in [-0.39, 0.29) is 43.5 Å². The molecule has 0 unspecified atom stereocenters. The maximum Gasteiger partial charge on any atom is 0.273 e. The number of aryl methyl sites for hydroxylation is 2. The molecule has 4 aliphatic heterocycles. The number of nitrogens with zero attached hydrogens (tertiary/aromatic N) is 8. The molecular formula is C95H110N10O14S3. The van der Waals surface area contributed by atoms with E-state index in [0.29, 0.717) is 89.0 Å². The van der Waals surface area contributed by atoms with Crippen molar-refractivity contribution in [1.29, 1.82) is 0 Å². The summed E-state index contributed by atoms with van der Waals surface area (Å²) in [5.74, 6) is 7.71. The standard InChI is InChI=1S/C33H37N3O5S.C32H35N3O5S.C30H38N4O4S/c1-5-26-10-6-23(16-30(26)39-4)14-15-35(2)33(37)28-21-42-32(34-28)20-36(18-24-7-11-27(38-3)12-8-24)19-25-9-13-29-31(17-25)41-22-40-29;1-4-25-9-5-22(15-29(25)38-3)13-14-33-32(36)27-20-41-31(34-27)19-35(17-23-6-10-26(37-2)11-7-23)18-24-8-12-28-30(16-24)40-21-39-28;1-30(2,3)24-7-4-22(5-8-24)17-34(18-23-6-9-26-27(16-23)38-21-37-26)19-28-32-25(20-39-28)29(35)31-10-11-33-12-14-36-15-13-33/h6-13,16-17,21H,5,14-15,18-20,22H2,1-4H3;5-12,15-16,20H,4,13-14,17-19,21H2,1-3H3,(H,33,36);4-9,16,20H,10-15,17-19,21H2,1-3H3,(H,31,35). The van der Waals surface area contributed by atoms with Gasteiger partial charge in [0.2, 0.25) is 20.4 Å². The second-order valence-corrected chi connectivity index (χ2v) is 34.0. The van der Waals surface area contributed by atoms with Crippen molar-refractivity contribution in [2.24, 2.45) is 0 Å². The molecule has 0 saturated carbocycles. The number of aromatic nitrogens is 3. The van der Waals surface area contributed by atoms with Crippen molar-refractivity contribution in [1.82, 2.24) is 50.1 Å². The van der Waals surface area contributed by atoms with Gasteiger partial charge in [-0.3, -0.25) is 34.0 Å². The molecule has 11 aromatic rings. The molecule has 642 valence electrons. The van der Waals surface area contributed by atoms with Gasteiger partial charge in [-0.1, -0.05) is 126 Å². The van der Waals surface area contributed by atoms with Gasteiger partial charge in [0.15, 0.2) is 34.5 Å². The summed E-state index contributed by atoms with van der Waals surface area (Å²) < 4.78 is 60.3. The minimum absolute atomic E-state index is 0.0767. The lowest BCUT2D eigenvalue weighted by molar-refractivity contribution is 0.0383. The van der Waals surface area contributed by atoms with E-state index in [1.807, 2.05) is 89.9 Å². The number of carbonyl (C=O) groups excluding carboxylic acids is 3. The molecule has 1 saturated heterocycles. The van der Waals surface area contributed by atoms with Gasteiger partial charge in [-0.2, -0.15) is 0 Å². The summed E-state index contributed by atoms with van der Waals surface area (Å²) in [6.45, 7) is 23.7. The predicted molar refractivity (Wildman–Crippen MR) is 475 cm³/mol. The fraction of sp³-hybridized carbons (Fsp3) is 0.368. The van der Waals surface area contributed by atoms with E-state index in [1.54, 1.807) is 33.3 Å². The van der Waals surface area contributed by atoms with Crippen LogP contribution in [0.15, 0.2) is 180 Å². The Labute approximate surface area is 727 Å². The molecule has 24 nitrogen and oxygen atoms in total. The lowest BCUT2D eigenvalue weighted by Crippen LogP contribution is -2.41. The van der Waals surface area contributed by atoms with Gasteiger partial charge in [0.05, 0.1) is 61.3 Å². The molecule has 0 spiro atoms. The van der Waals surface area contributed by atoms with Crippen LogP contribution in [-0.4, -0.2) is 166 Å². The van der Waals surface area contributed by atoms with Crippen LogP contribution >= 0.6 is 34.0 Å². The molecule has 8 aromatic carbocycles. The van der Waals surface area contributed by atoms with E-state index in [1.165, 1.54) is 56.3 Å². The maximum atomic E-state index is 13.2. The number of amides is 3. The van der Waals surface area contributed by atoms with Crippen molar-refractivity contribution in [2.45, 2.75) is 125 Å². The first-order chi connectivity index (χ1) is 59.3. The van der Waals surface area contributed by atoms with E-state index in [0.717, 1.165) is 177 Å². The third-order valence-electron chi connectivity index (χ3n) is 21.4. The number of carbonyl (C=O) groups is 3. The Kier molecular flexibility index (Phi) is 31.7. The number of thiazole rings is 3. The van der Waals surface area contributed by atoms with Gasteiger partial charge < -0.3 is 67.6 Å². The quantitative estimate of drug-likeness (QED) is 0.0372. The fourth-order valence-corrected chi connectivity index (χ4v) is 16.9. The zero-order valence-corrected chi connectivity index (χ0v) is 73.8. The van der Waals surface area contributed by atoms with Crippen LogP contribution in [0.2, 0.25) is 0 Å². The molecule has 15 rings (SSSR count). The van der Waals surface area contributed by atoms with Crippen molar-refractivity contribution in [3.8, 4) is 57.5 Å². The average Bonchev–Trinajstić information content (AvgIpc) is 1.63. The van der Waals surface area contributed by atoms with Crippen molar-refractivity contribution >= 4 is 51.7 Å². The zero-order chi connectivity index (χ0) is 85.3. The van der Waals surface area contributed by atoms with Crippen LogP contribution < -0.4 is 58.0 Å². The molecule has 4 aliphatic rings. The molecule has 0 atom stereocenters. The summed E-state index contributed by atoms with van der Waals surface area (Å²) >= 11 is 4.54. The smallest absolute Gasteiger partial charge is 0.273 e. The summed E-state index contributed by atoms with van der Waals surface area (Å²) in [7, 11) is 8.54. The number of fused-ring (bicyclic) bond motifs is 3. The van der Waals surface area contributed by atoms with E-state index in [2.05, 4.69) is 172 Å². The highest BCUT2D eigenvalue weighted by Crippen LogP contribution is 2.37. The molecule has 3 amide bonds. The van der Waals surface area contributed by atoms with Gasteiger partial charge in [0.1, 0.15) is 55.1 Å². The number of morpholine rings is 1. The Morgan fingerprint density at radius 2 is 0.795 bits per heavy atom. The van der Waals surface area contributed by atoms with Crippen molar-refractivity contribution in [3.63, 3.8) is 0 Å². The molecule has 0 radical (unpaired) electrons. The van der Waals surface area contributed by atoms with Crippen LogP contribution in [0.4, 0.5) is 0 Å². The monoisotopic (exact) mass is 1710 g/mol. The number of nitrogens with one attached hydrogen (secondary N) is 2. The number of ether oxygens (including phenoxy) is 11. The predicted octanol–water partition coefficient (Wildman–Crippen LogP) is 16.0. The van der Waals surface area contributed by atoms with Gasteiger partial charge in [-0.05, 0) is 165 Å². The van der Waals surface area contributed by atoms with Gasteiger partial charge in [-0.15, -0.1) is 34.0 Å². The second kappa shape index (κ2) is 43.6. The van der Waals surface area contributed by atoms with Crippen LogP contribution in [0.3, 0.4) is 0 Å². The fourth-order valence-electron chi connectivity index (χ4n) is 14.5. The number of methoxy groups -OCH3 is 4. The Morgan fingerprint density at radius 3 is 1.20 bits per heavy atom. The Balaban J connectivity index is 0.000000158. The Morgan fingerprint density at radius 1 is 0.426 bits per heavy atom. The SMILES string of the molecule is CC(C)(C)c1ccc(CN(Cc2ccc3c(c2)OCO3)Cc2nc(C(=O)NCCN3CCOCC3)cs2)cc1.CCc1ccc(CCN(C)C(=O)c2csc(CN(Cc3ccc(OC)cc3)Cc3ccc4c(c3)OCO4)n2)cc1OC.CCc1ccc(CCNC(=O)c2csc(CN(Cc3ccc(OC)cc3)Cc3ccc4c(c3)OCO4)n2)cc1OC. The third kappa shape index (κ3) is 25.3. The van der Waals surface area contributed by atoms with Crippen LogP contribution in [0.25, 0.3) is 0 Å². The lowest BCUT2D eigenvalue weighted by Gasteiger charge is -2.26. The molecule has 0 aliphatic carbocycles. The molecule has 3 aromatic heterocycles. The Hall–Kier alpha value is -11.1. The third-order valence-corrected chi connectivity index (χ3v) is 23.9. The highest BCUT2D eigenvalue weighted by molar-refractivity contribution is 7.10. The molecule has 2 N–H and O–H groups in total. The van der Waals surface area contributed by atoms with Crippen LogP contribution in [-0.2, 0) is 94.7 Å². The topological polar surface area (TPSA) is 232 Å². The minimum atomic E-state index is -0.165. The van der Waals surface area contributed by atoms with E-state index >= 15 is 0 Å². The van der Waals surface area contributed by atoms with Crippen molar-refractivity contribution < 1.29 is 66.5 Å². The highest BCUT2D eigenvalue weighted by atomic mass is 32.1. The molecule has 7 heterocycles.